The van der Waals surface area contributed by atoms with E-state index in [4.69, 9.17) is 13.1 Å². The Morgan fingerprint density at radius 3 is 1.06 bits per heavy atom. The Labute approximate surface area is 280 Å². The largest absolute Gasteiger partial charge is 0.271 e. The molecule has 0 saturated heterocycles. The molecule has 0 aliphatic carbocycles. The molecule has 0 N–H and O–H groups in total. The van der Waals surface area contributed by atoms with Crippen LogP contribution in [0.2, 0.25) is 0 Å². The Balaban J connectivity index is 1.35. The van der Waals surface area contributed by atoms with Crippen molar-refractivity contribution in [3.8, 4) is 52.5 Å². The molecule has 0 saturated carbocycles. The predicted molar refractivity (Wildman–Crippen MR) is 181 cm³/mol. The van der Waals surface area contributed by atoms with Crippen LogP contribution in [0, 0.1) is 35.8 Å². The minimum Gasteiger partial charge on any atom is -0.226 e. The van der Waals surface area contributed by atoms with Crippen LogP contribution in [0.25, 0.3) is 61.2 Å². The third kappa shape index (κ3) is 6.94. The molecule has 5 aromatic rings. The Bertz CT molecular complexity index is 2010. The van der Waals surface area contributed by atoms with Gasteiger partial charge < -0.3 is 0 Å². The zero-order valence-corrected chi connectivity index (χ0v) is 27.1. The van der Waals surface area contributed by atoms with Gasteiger partial charge in [0.2, 0.25) is 0 Å². The van der Waals surface area contributed by atoms with E-state index in [0.29, 0.717) is 13.8 Å². The van der Waals surface area contributed by atoms with E-state index in [2.05, 4.69) is 9.69 Å². The summed E-state index contributed by atoms with van der Waals surface area (Å²) in [7, 11) is 0. The highest BCUT2D eigenvalue weighted by Gasteiger charge is 2.33. The van der Waals surface area contributed by atoms with E-state index in [9.17, 15) is 28.1 Å². The molecule has 11 heteroatoms. The molecule has 0 aliphatic rings. The fourth-order valence-corrected chi connectivity index (χ4v) is 8.14. The summed E-state index contributed by atoms with van der Waals surface area (Å²) in [6.07, 6.45) is 0. The average Bonchev–Trinajstić information content (AvgIpc) is 3.82. The number of benzene rings is 2. The van der Waals surface area contributed by atoms with Gasteiger partial charge in [-0.25, -0.2) is 37.8 Å². The maximum absolute atomic E-state index is 14.3. The lowest BCUT2D eigenvalue weighted by Crippen LogP contribution is -2.14. The van der Waals surface area contributed by atoms with Crippen molar-refractivity contribution in [2.24, 2.45) is 0 Å². The summed E-state index contributed by atoms with van der Waals surface area (Å²) in [5.74, 6) is -6.70. The van der Waals surface area contributed by atoms with Gasteiger partial charge in [-0.2, -0.15) is 0 Å². The molecule has 47 heavy (non-hydrogen) atoms. The van der Waals surface area contributed by atoms with Gasteiger partial charge in [-0.05, 0) is 58.7 Å². The van der Waals surface area contributed by atoms with E-state index in [1.165, 1.54) is 24.3 Å². The van der Waals surface area contributed by atoms with Crippen LogP contribution in [-0.4, -0.2) is 11.8 Å². The van der Waals surface area contributed by atoms with Crippen LogP contribution in [-0.2, 0) is 0 Å². The zero-order valence-electron chi connectivity index (χ0n) is 24.6. The van der Waals surface area contributed by atoms with Gasteiger partial charge in [-0.3, -0.25) is 0 Å². The van der Waals surface area contributed by atoms with Gasteiger partial charge in [0, 0.05) is 54.3 Å². The smallest absolute Gasteiger partial charge is 0.226 e. The molecule has 3 heterocycles. The molecule has 0 bridgehead atoms. The van der Waals surface area contributed by atoms with E-state index < -0.39 is 34.4 Å². The van der Waals surface area contributed by atoms with Gasteiger partial charge in [0.15, 0.2) is 0 Å². The maximum atomic E-state index is 14.3. The monoisotopic (exact) mass is 680 g/mol. The maximum Gasteiger partial charge on any atom is 0.271 e. The van der Waals surface area contributed by atoms with Crippen molar-refractivity contribution in [3.05, 3.63) is 130 Å². The number of alkyl halides is 4. The van der Waals surface area contributed by atoms with E-state index in [1.807, 2.05) is 36.4 Å². The Kier molecular flexibility index (Phi) is 9.29. The number of hydrogen-bond acceptors (Lipinski definition) is 5. The Morgan fingerprint density at radius 2 is 0.809 bits per heavy atom. The molecule has 4 nitrogen and oxygen atoms in total. The first-order valence-corrected chi connectivity index (χ1v) is 16.1. The molecule has 3 aromatic heterocycles. The normalized spacial score (nSPS) is 12.6. The quantitative estimate of drug-likeness (QED) is 0.0930. The molecule has 0 spiro atoms. The molecule has 2 aromatic carbocycles. The fourth-order valence-electron chi connectivity index (χ4n) is 4.93. The van der Waals surface area contributed by atoms with Gasteiger partial charge in [-0.15, -0.1) is 34.0 Å². The standard InChI is InChI=1S/C36H20F4N4S3/c1-35(37,38)33(25(19-41)43-3)23-9-5-21(6-10-23)27-13-15-29(45-27)31-17-18-32(47-31)30-16-14-28(46-30)22-7-11-24(12-8-22)34(36(2,39)40)26(20-42)44-4/h5-18H,1-2H3/b33-25-,34-26+. The first-order chi connectivity index (χ1) is 22.4. The predicted octanol–water partition coefficient (Wildman–Crippen LogP) is 12.2. The average molecular weight is 681 g/mol. The van der Waals surface area contributed by atoms with Crippen molar-refractivity contribution in [2.75, 3.05) is 0 Å². The summed E-state index contributed by atoms with van der Waals surface area (Å²) >= 11 is 4.72. The van der Waals surface area contributed by atoms with Crippen LogP contribution in [0.3, 0.4) is 0 Å². The lowest BCUT2D eigenvalue weighted by atomic mass is 9.97. The molecular weight excluding hydrogens is 661 g/mol. The molecule has 0 amide bonds. The summed E-state index contributed by atoms with van der Waals surface area (Å²) in [6, 6.07) is 27.9. The molecular formula is C36H20F4N4S3. The third-order valence-corrected chi connectivity index (χ3v) is 10.8. The van der Waals surface area contributed by atoms with Crippen LogP contribution in [0.5, 0.6) is 0 Å². The Hall–Kier alpha value is -5.30. The minimum absolute atomic E-state index is 0.122. The minimum atomic E-state index is -3.35. The van der Waals surface area contributed by atoms with Gasteiger partial charge in [0.05, 0.1) is 25.3 Å². The molecule has 0 atom stereocenters. The topological polar surface area (TPSA) is 56.3 Å². The summed E-state index contributed by atoms with van der Waals surface area (Å²) < 4.78 is 57.0. The number of halogens is 4. The van der Waals surface area contributed by atoms with E-state index in [-0.39, 0.29) is 11.1 Å². The van der Waals surface area contributed by atoms with Crippen molar-refractivity contribution < 1.29 is 17.6 Å². The molecule has 0 fully saturated rings. The second-order valence-electron chi connectivity index (χ2n) is 10.3. The number of hydrogen-bond donors (Lipinski definition) is 0. The second kappa shape index (κ2) is 13.2. The second-order valence-corrected chi connectivity index (χ2v) is 13.6. The van der Waals surface area contributed by atoms with Crippen molar-refractivity contribution >= 4 is 45.2 Å². The van der Waals surface area contributed by atoms with Gasteiger partial charge >= 0.3 is 0 Å². The zero-order chi connectivity index (χ0) is 33.9. The van der Waals surface area contributed by atoms with Crippen LogP contribution < -0.4 is 0 Å². The molecule has 0 unspecified atom stereocenters. The molecule has 5 rings (SSSR count). The Morgan fingerprint density at radius 1 is 0.532 bits per heavy atom. The number of nitrogens with zero attached hydrogens (tertiary/aromatic N) is 4. The third-order valence-electron chi connectivity index (χ3n) is 7.01. The van der Waals surface area contributed by atoms with Gasteiger partial charge in [0.25, 0.3) is 23.2 Å². The number of allylic oxidation sites excluding steroid dienone is 4. The fraction of sp³-hybridized carbons (Fsp3) is 0.111. The highest BCUT2D eigenvalue weighted by atomic mass is 32.1. The molecule has 0 aliphatic heterocycles. The first kappa shape index (κ1) is 33.1. The molecule has 230 valence electrons. The summed E-state index contributed by atoms with van der Waals surface area (Å²) in [5, 5.41) is 18.4. The summed E-state index contributed by atoms with van der Waals surface area (Å²) in [4.78, 5) is 12.0. The molecule has 0 radical (unpaired) electrons. The SMILES string of the molecule is [C-]#[N+]/C(C#N)=C(/c1ccc(-c2ccc(-c3ccc(-c4ccc(-c5ccc(/C(=C(/C#N)[N+]#[C-])C(C)(F)F)cc5)s4)s3)s2)cc1)C(C)(F)F. The van der Waals surface area contributed by atoms with E-state index in [1.54, 1.807) is 70.4 Å². The van der Waals surface area contributed by atoms with E-state index >= 15 is 0 Å². The van der Waals surface area contributed by atoms with Crippen molar-refractivity contribution in [1.82, 2.24) is 0 Å². The van der Waals surface area contributed by atoms with Crippen LogP contribution in [0.1, 0.15) is 25.0 Å². The van der Waals surface area contributed by atoms with Crippen molar-refractivity contribution in [2.45, 2.75) is 25.7 Å². The lowest BCUT2D eigenvalue weighted by molar-refractivity contribution is 0.0881. The van der Waals surface area contributed by atoms with Crippen LogP contribution >= 0.6 is 34.0 Å². The van der Waals surface area contributed by atoms with Crippen LogP contribution in [0.4, 0.5) is 17.6 Å². The first-order valence-electron chi connectivity index (χ1n) is 13.7. The number of thiophene rings is 3. The number of nitriles is 2. The van der Waals surface area contributed by atoms with Crippen molar-refractivity contribution in [3.63, 3.8) is 0 Å². The summed E-state index contributed by atoms with van der Waals surface area (Å²) in [6.45, 7) is 15.6. The highest BCUT2D eigenvalue weighted by Crippen LogP contribution is 2.44. The van der Waals surface area contributed by atoms with Gasteiger partial charge in [-0.1, -0.05) is 48.5 Å². The van der Waals surface area contributed by atoms with Crippen molar-refractivity contribution in [1.29, 1.82) is 10.5 Å². The highest BCUT2D eigenvalue weighted by molar-refractivity contribution is 7.27. The lowest BCUT2D eigenvalue weighted by Gasteiger charge is -2.16. The van der Waals surface area contributed by atoms with Crippen LogP contribution in [0.15, 0.2) is 96.3 Å². The van der Waals surface area contributed by atoms with E-state index in [0.717, 1.165) is 40.4 Å². The number of rotatable bonds is 8. The summed E-state index contributed by atoms with van der Waals surface area (Å²) in [5.41, 5.74) is -0.567. The van der Waals surface area contributed by atoms with Gasteiger partial charge in [0.1, 0.15) is 0 Å².